The molecule has 0 radical (unpaired) electrons. The molecule has 4 heteroatoms. The highest BCUT2D eigenvalue weighted by molar-refractivity contribution is 7.80. The van der Waals surface area contributed by atoms with Crippen molar-refractivity contribution in [2.75, 3.05) is 11.9 Å². The van der Waals surface area contributed by atoms with Gasteiger partial charge < -0.3 is 10.2 Å². The SMILES string of the molecule is CCCCCCCN(Cc1cccnc1)C(=S)Nc1c(CC)cccc1CC. The molecule has 0 saturated carbocycles. The summed E-state index contributed by atoms with van der Waals surface area (Å²) in [6, 6.07) is 10.7. The molecule has 0 aliphatic rings. The van der Waals surface area contributed by atoms with Crippen LogP contribution in [-0.2, 0) is 19.4 Å². The van der Waals surface area contributed by atoms with Crippen LogP contribution < -0.4 is 5.32 Å². The highest BCUT2D eigenvalue weighted by Gasteiger charge is 2.14. The van der Waals surface area contributed by atoms with Crippen LogP contribution in [0, 0.1) is 0 Å². The summed E-state index contributed by atoms with van der Waals surface area (Å²) in [5.41, 5.74) is 5.04. The minimum atomic E-state index is 0.795. The van der Waals surface area contributed by atoms with E-state index in [4.69, 9.17) is 12.2 Å². The van der Waals surface area contributed by atoms with Gasteiger partial charge in [-0.3, -0.25) is 4.98 Å². The molecule has 1 aromatic carbocycles. The first-order valence-corrected chi connectivity index (χ1v) is 11.2. The zero-order chi connectivity index (χ0) is 20.2. The molecule has 28 heavy (non-hydrogen) atoms. The maximum Gasteiger partial charge on any atom is 0.173 e. The molecule has 2 aromatic rings. The third-order valence-corrected chi connectivity index (χ3v) is 5.51. The lowest BCUT2D eigenvalue weighted by molar-refractivity contribution is 0.399. The number of thiocarbonyl (C=S) groups is 1. The van der Waals surface area contributed by atoms with Gasteiger partial charge in [-0.05, 0) is 54.2 Å². The first-order chi connectivity index (χ1) is 13.7. The number of hydrogen-bond donors (Lipinski definition) is 1. The van der Waals surface area contributed by atoms with E-state index in [0.29, 0.717) is 0 Å². The number of hydrogen-bond acceptors (Lipinski definition) is 2. The number of pyridine rings is 1. The number of para-hydroxylation sites is 1. The zero-order valence-corrected chi connectivity index (χ0v) is 18.5. The Hall–Kier alpha value is -1.94. The summed E-state index contributed by atoms with van der Waals surface area (Å²) in [6.45, 7) is 8.42. The van der Waals surface area contributed by atoms with Crippen LogP contribution >= 0.6 is 12.2 Å². The van der Waals surface area contributed by atoms with Crippen molar-refractivity contribution in [3.8, 4) is 0 Å². The molecule has 1 N–H and O–H groups in total. The Morgan fingerprint density at radius 2 is 1.68 bits per heavy atom. The van der Waals surface area contributed by atoms with Gasteiger partial charge in [-0.25, -0.2) is 0 Å². The topological polar surface area (TPSA) is 28.2 Å². The maximum absolute atomic E-state index is 5.87. The third kappa shape index (κ3) is 6.90. The van der Waals surface area contributed by atoms with Gasteiger partial charge >= 0.3 is 0 Å². The molecule has 1 aromatic heterocycles. The van der Waals surface area contributed by atoms with Crippen molar-refractivity contribution in [1.82, 2.24) is 9.88 Å². The smallest absolute Gasteiger partial charge is 0.173 e. The molecule has 0 unspecified atom stereocenters. The fraction of sp³-hybridized carbons (Fsp3) is 0.500. The van der Waals surface area contributed by atoms with Gasteiger partial charge in [0.25, 0.3) is 0 Å². The summed E-state index contributed by atoms with van der Waals surface area (Å²) >= 11 is 5.87. The number of nitrogens with zero attached hydrogens (tertiary/aromatic N) is 2. The van der Waals surface area contributed by atoms with Crippen molar-refractivity contribution in [2.45, 2.75) is 72.3 Å². The van der Waals surface area contributed by atoms with E-state index in [-0.39, 0.29) is 0 Å². The normalized spacial score (nSPS) is 10.7. The number of rotatable bonds is 11. The van der Waals surface area contributed by atoms with Crippen molar-refractivity contribution in [1.29, 1.82) is 0 Å². The van der Waals surface area contributed by atoms with Crippen molar-refractivity contribution >= 4 is 23.0 Å². The third-order valence-electron chi connectivity index (χ3n) is 5.15. The minimum Gasteiger partial charge on any atom is -0.345 e. The maximum atomic E-state index is 5.87. The molecule has 0 saturated heterocycles. The number of nitrogens with one attached hydrogen (secondary N) is 1. The lowest BCUT2D eigenvalue weighted by Crippen LogP contribution is -2.35. The molecular weight excluding hydrogens is 362 g/mol. The molecule has 2 rings (SSSR count). The summed E-state index contributed by atoms with van der Waals surface area (Å²) in [5.74, 6) is 0. The lowest BCUT2D eigenvalue weighted by atomic mass is 10.0. The molecule has 152 valence electrons. The van der Waals surface area contributed by atoms with E-state index in [1.54, 1.807) is 0 Å². The molecule has 0 atom stereocenters. The quantitative estimate of drug-likeness (QED) is 0.352. The fourth-order valence-corrected chi connectivity index (χ4v) is 3.72. The van der Waals surface area contributed by atoms with E-state index in [0.717, 1.165) is 37.5 Å². The second-order valence-corrected chi connectivity index (χ2v) is 7.67. The summed E-state index contributed by atoms with van der Waals surface area (Å²) in [4.78, 5) is 6.56. The summed E-state index contributed by atoms with van der Waals surface area (Å²) in [7, 11) is 0. The second-order valence-electron chi connectivity index (χ2n) is 7.29. The Balaban J connectivity index is 2.11. The van der Waals surface area contributed by atoms with Crippen LogP contribution in [0.5, 0.6) is 0 Å². The van der Waals surface area contributed by atoms with Crippen LogP contribution in [-0.4, -0.2) is 21.5 Å². The predicted molar refractivity (Wildman–Crippen MR) is 125 cm³/mol. The standard InChI is InChI=1S/C24H35N3S/c1-4-7-8-9-10-17-27(19-20-13-12-16-25-18-20)24(28)26-23-21(5-2)14-11-15-22(23)6-3/h11-16,18H,4-10,17,19H2,1-3H3,(H,26,28). The highest BCUT2D eigenvalue weighted by atomic mass is 32.1. The van der Waals surface area contributed by atoms with Gasteiger partial charge in [-0.1, -0.05) is 70.7 Å². The number of aryl methyl sites for hydroxylation is 2. The zero-order valence-electron chi connectivity index (χ0n) is 17.7. The molecule has 0 aliphatic carbocycles. The first-order valence-electron chi connectivity index (χ1n) is 10.7. The van der Waals surface area contributed by atoms with Crippen LogP contribution in [0.15, 0.2) is 42.7 Å². The first kappa shape index (κ1) is 22.4. The fourth-order valence-electron chi connectivity index (χ4n) is 3.46. The monoisotopic (exact) mass is 397 g/mol. The second kappa shape index (κ2) is 12.5. The Labute approximate surface area is 176 Å². The van der Waals surface area contributed by atoms with Gasteiger partial charge in [0.05, 0.1) is 0 Å². The Morgan fingerprint density at radius 1 is 0.964 bits per heavy atom. The Bertz CT molecular complexity index is 693. The molecule has 1 heterocycles. The molecular formula is C24H35N3S. The predicted octanol–water partition coefficient (Wildman–Crippen LogP) is 6.38. The molecule has 0 aliphatic heterocycles. The van der Waals surface area contributed by atoms with Crippen LogP contribution in [0.25, 0.3) is 0 Å². The van der Waals surface area contributed by atoms with Crippen molar-refractivity contribution in [2.24, 2.45) is 0 Å². The lowest BCUT2D eigenvalue weighted by Gasteiger charge is -2.27. The van der Waals surface area contributed by atoms with E-state index in [9.17, 15) is 0 Å². The largest absolute Gasteiger partial charge is 0.345 e. The minimum absolute atomic E-state index is 0.795. The van der Waals surface area contributed by atoms with Gasteiger partial charge in [-0.15, -0.1) is 0 Å². The summed E-state index contributed by atoms with van der Waals surface area (Å²) < 4.78 is 0. The van der Waals surface area contributed by atoms with E-state index >= 15 is 0 Å². The molecule has 0 spiro atoms. The number of aromatic nitrogens is 1. The van der Waals surface area contributed by atoms with Gasteiger partial charge in [-0.2, -0.15) is 0 Å². The summed E-state index contributed by atoms with van der Waals surface area (Å²) in [5, 5.41) is 4.41. The van der Waals surface area contributed by atoms with Crippen LogP contribution in [0.1, 0.15) is 69.6 Å². The number of unbranched alkanes of at least 4 members (excludes halogenated alkanes) is 4. The Kier molecular flexibility index (Phi) is 9.98. The number of benzene rings is 1. The van der Waals surface area contributed by atoms with Crippen molar-refractivity contribution in [3.05, 3.63) is 59.4 Å². The Morgan fingerprint density at radius 3 is 2.29 bits per heavy atom. The van der Waals surface area contributed by atoms with Crippen LogP contribution in [0.2, 0.25) is 0 Å². The molecule has 3 nitrogen and oxygen atoms in total. The van der Waals surface area contributed by atoms with Crippen LogP contribution in [0.3, 0.4) is 0 Å². The average molecular weight is 398 g/mol. The van der Waals surface area contributed by atoms with Gasteiger partial charge in [0.15, 0.2) is 5.11 Å². The molecule has 0 amide bonds. The van der Waals surface area contributed by atoms with Gasteiger partial charge in [0.1, 0.15) is 0 Å². The highest BCUT2D eigenvalue weighted by Crippen LogP contribution is 2.23. The van der Waals surface area contributed by atoms with Gasteiger partial charge in [0.2, 0.25) is 0 Å². The number of anilines is 1. The van der Waals surface area contributed by atoms with E-state index in [1.807, 2.05) is 18.5 Å². The summed E-state index contributed by atoms with van der Waals surface area (Å²) in [6.07, 6.45) is 12.1. The van der Waals surface area contributed by atoms with Gasteiger partial charge in [0, 0.05) is 31.2 Å². The van der Waals surface area contributed by atoms with Crippen LogP contribution in [0.4, 0.5) is 5.69 Å². The molecule has 0 fully saturated rings. The van der Waals surface area contributed by atoms with E-state index in [2.05, 4.69) is 60.2 Å². The van der Waals surface area contributed by atoms with Crippen molar-refractivity contribution < 1.29 is 0 Å². The average Bonchev–Trinajstić information content (AvgIpc) is 2.73. The van der Waals surface area contributed by atoms with E-state index < -0.39 is 0 Å². The van der Waals surface area contributed by atoms with Crippen molar-refractivity contribution in [3.63, 3.8) is 0 Å². The van der Waals surface area contributed by atoms with E-state index in [1.165, 1.54) is 48.1 Å². The molecule has 0 bridgehead atoms.